The van der Waals surface area contributed by atoms with Gasteiger partial charge in [0.05, 0.1) is 0 Å². The summed E-state index contributed by atoms with van der Waals surface area (Å²) in [5, 5.41) is 0. The second-order valence-electron chi connectivity index (χ2n) is 6.41. The maximum atomic E-state index is 13.3. The Labute approximate surface area is 146 Å². The molecule has 0 aromatic heterocycles. The van der Waals surface area contributed by atoms with Crippen molar-refractivity contribution in [3.8, 4) is 0 Å². The average molecular weight is 340 g/mol. The van der Waals surface area contributed by atoms with Crippen molar-refractivity contribution in [2.45, 2.75) is 13.8 Å². The fraction of sp³-hybridized carbons (Fsp3) is 0.300. The molecule has 1 fully saturated rings. The lowest BCUT2D eigenvalue weighted by Crippen LogP contribution is -2.50. The Morgan fingerprint density at radius 3 is 2.16 bits per heavy atom. The summed E-state index contributed by atoms with van der Waals surface area (Å²) in [4.78, 5) is 28.6. The zero-order chi connectivity index (χ0) is 18.0. The molecule has 0 unspecified atom stereocenters. The van der Waals surface area contributed by atoms with E-state index in [2.05, 4.69) is 0 Å². The zero-order valence-corrected chi connectivity index (χ0v) is 14.5. The number of benzene rings is 2. The summed E-state index contributed by atoms with van der Waals surface area (Å²) in [5.74, 6) is -0.619. The second kappa shape index (κ2) is 7.05. The first-order valence-corrected chi connectivity index (χ1v) is 8.37. The van der Waals surface area contributed by atoms with E-state index < -0.39 is 5.82 Å². The lowest BCUT2D eigenvalue weighted by Gasteiger charge is -2.35. The first-order valence-electron chi connectivity index (χ1n) is 8.37. The fourth-order valence-electron chi connectivity index (χ4n) is 3.05. The molecule has 5 heteroatoms. The molecular weight excluding hydrogens is 319 g/mol. The molecule has 2 aromatic carbocycles. The monoisotopic (exact) mass is 340 g/mol. The maximum absolute atomic E-state index is 13.3. The zero-order valence-electron chi connectivity index (χ0n) is 14.5. The van der Waals surface area contributed by atoms with Gasteiger partial charge in [0, 0.05) is 37.3 Å². The van der Waals surface area contributed by atoms with Crippen LogP contribution < -0.4 is 0 Å². The summed E-state index contributed by atoms with van der Waals surface area (Å²) < 4.78 is 13.3. The van der Waals surface area contributed by atoms with Gasteiger partial charge in [0.15, 0.2) is 0 Å². The maximum Gasteiger partial charge on any atom is 0.254 e. The van der Waals surface area contributed by atoms with E-state index in [1.807, 2.05) is 32.0 Å². The Bertz CT molecular complexity index is 811. The third-order valence-electron chi connectivity index (χ3n) is 4.55. The third kappa shape index (κ3) is 3.71. The Kier molecular flexibility index (Phi) is 4.83. The highest BCUT2D eigenvalue weighted by molar-refractivity contribution is 5.97. The van der Waals surface area contributed by atoms with Gasteiger partial charge >= 0.3 is 0 Å². The number of hydrogen-bond acceptors (Lipinski definition) is 2. The number of halogens is 1. The van der Waals surface area contributed by atoms with E-state index in [9.17, 15) is 14.0 Å². The predicted molar refractivity (Wildman–Crippen MR) is 94.1 cm³/mol. The number of carbonyl (C=O) groups excluding carboxylic acids is 2. The number of amides is 2. The van der Waals surface area contributed by atoms with Crippen molar-refractivity contribution >= 4 is 11.8 Å². The molecule has 0 radical (unpaired) electrons. The summed E-state index contributed by atoms with van der Waals surface area (Å²) in [6.45, 7) is 5.75. The lowest BCUT2D eigenvalue weighted by atomic mass is 10.0. The lowest BCUT2D eigenvalue weighted by molar-refractivity contribution is 0.0535. The molecule has 0 N–H and O–H groups in total. The quantitative estimate of drug-likeness (QED) is 0.843. The SMILES string of the molecule is Cc1ccc(C)c(C(=O)N2CCN(C(=O)c3cccc(F)c3)CC2)c1. The molecule has 2 aromatic rings. The molecule has 1 aliphatic rings. The Balaban J connectivity index is 1.66. The summed E-state index contributed by atoms with van der Waals surface area (Å²) in [6.07, 6.45) is 0. The molecule has 2 amide bonds. The molecule has 0 aliphatic carbocycles. The van der Waals surface area contributed by atoms with Gasteiger partial charge < -0.3 is 9.80 Å². The number of rotatable bonds is 2. The van der Waals surface area contributed by atoms with Crippen LogP contribution in [0.1, 0.15) is 31.8 Å². The van der Waals surface area contributed by atoms with Gasteiger partial charge in [-0.25, -0.2) is 4.39 Å². The van der Waals surface area contributed by atoms with Gasteiger partial charge in [0.25, 0.3) is 11.8 Å². The smallest absolute Gasteiger partial charge is 0.254 e. The largest absolute Gasteiger partial charge is 0.335 e. The van der Waals surface area contributed by atoms with Crippen molar-refractivity contribution < 1.29 is 14.0 Å². The highest BCUT2D eigenvalue weighted by Gasteiger charge is 2.26. The van der Waals surface area contributed by atoms with Crippen LogP contribution >= 0.6 is 0 Å². The molecule has 25 heavy (non-hydrogen) atoms. The van der Waals surface area contributed by atoms with E-state index in [0.29, 0.717) is 37.3 Å². The van der Waals surface area contributed by atoms with Crippen LogP contribution in [0.3, 0.4) is 0 Å². The van der Waals surface area contributed by atoms with E-state index in [1.165, 1.54) is 18.2 Å². The second-order valence-corrected chi connectivity index (χ2v) is 6.41. The van der Waals surface area contributed by atoms with E-state index in [-0.39, 0.29) is 11.8 Å². The minimum atomic E-state index is -0.422. The van der Waals surface area contributed by atoms with Crippen LogP contribution in [-0.4, -0.2) is 47.8 Å². The van der Waals surface area contributed by atoms with Crippen molar-refractivity contribution in [1.29, 1.82) is 0 Å². The van der Waals surface area contributed by atoms with Gasteiger partial charge in [-0.2, -0.15) is 0 Å². The molecule has 3 rings (SSSR count). The minimum absolute atomic E-state index is 0.000875. The molecule has 0 spiro atoms. The van der Waals surface area contributed by atoms with Gasteiger partial charge in [-0.1, -0.05) is 23.8 Å². The number of piperazine rings is 1. The van der Waals surface area contributed by atoms with Crippen LogP contribution in [0.4, 0.5) is 4.39 Å². The normalized spacial score (nSPS) is 14.5. The minimum Gasteiger partial charge on any atom is -0.335 e. The fourth-order valence-corrected chi connectivity index (χ4v) is 3.05. The Morgan fingerprint density at radius 1 is 0.880 bits per heavy atom. The first kappa shape index (κ1) is 17.1. The summed E-state index contributed by atoms with van der Waals surface area (Å²) >= 11 is 0. The van der Waals surface area contributed by atoms with Gasteiger partial charge in [0.2, 0.25) is 0 Å². The van der Waals surface area contributed by atoms with Crippen LogP contribution in [0.5, 0.6) is 0 Å². The molecule has 130 valence electrons. The highest BCUT2D eigenvalue weighted by atomic mass is 19.1. The Morgan fingerprint density at radius 2 is 1.52 bits per heavy atom. The molecule has 1 aliphatic heterocycles. The van der Waals surface area contributed by atoms with Crippen molar-refractivity contribution in [1.82, 2.24) is 9.80 Å². The van der Waals surface area contributed by atoms with Crippen LogP contribution in [0.2, 0.25) is 0 Å². The third-order valence-corrected chi connectivity index (χ3v) is 4.55. The van der Waals surface area contributed by atoms with E-state index >= 15 is 0 Å². The summed E-state index contributed by atoms with van der Waals surface area (Å²) in [5.41, 5.74) is 3.06. The van der Waals surface area contributed by atoms with Gasteiger partial charge in [-0.3, -0.25) is 9.59 Å². The van der Waals surface area contributed by atoms with Crippen LogP contribution in [0.15, 0.2) is 42.5 Å². The number of aryl methyl sites for hydroxylation is 2. The first-order chi connectivity index (χ1) is 12.0. The van der Waals surface area contributed by atoms with E-state index in [4.69, 9.17) is 0 Å². The van der Waals surface area contributed by atoms with Gasteiger partial charge in [-0.15, -0.1) is 0 Å². The van der Waals surface area contributed by atoms with Crippen molar-refractivity contribution in [3.05, 3.63) is 70.5 Å². The van der Waals surface area contributed by atoms with Crippen LogP contribution in [0.25, 0.3) is 0 Å². The average Bonchev–Trinajstić information content (AvgIpc) is 2.62. The van der Waals surface area contributed by atoms with Gasteiger partial charge in [0.1, 0.15) is 5.82 Å². The highest BCUT2D eigenvalue weighted by Crippen LogP contribution is 2.16. The van der Waals surface area contributed by atoms with E-state index in [0.717, 1.165) is 11.1 Å². The summed E-state index contributed by atoms with van der Waals surface area (Å²) in [6, 6.07) is 11.5. The van der Waals surface area contributed by atoms with Crippen molar-refractivity contribution in [2.75, 3.05) is 26.2 Å². The standard InChI is InChI=1S/C20H21FN2O2/c1-14-6-7-15(2)18(12-14)20(25)23-10-8-22(9-11-23)19(24)16-4-3-5-17(21)13-16/h3-7,12-13H,8-11H2,1-2H3. The molecule has 0 saturated carbocycles. The molecular formula is C20H21FN2O2. The topological polar surface area (TPSA) is 40.6 Å². The van der Waals surface area contributed by atoms with Gasteiger partial charge in [-0.05, 0) is 43.7 Å². The molecule has 0 bridgehead atoms. The van der Waals surface area contributed by atoms with Crippen molar-refractivity contribution in [3.63, 3.8) is 0 Å². The molecule has 1 saturated heterocycles. The molecule has 4 nitrogen and oxygen atoms in total. The van der Waals surface area contributed by atoms with E-state index in [1.54, 1.807) is 15.9 Å². The van der Waals surface area contributed by atoms with Crippen molar-refractivity contribution in [2.24, 2.45) is 0 Å². The summed E-state index contributed by atoms with van der Waals surface area (Å²) in [7, 11) is 0. The van der Waals surface area contributed by atoms with Crippen LogP contribution in [-0.2, 0) is 0 Å². The van der Waals surface area contributed by atoms with Crippen LogP contribution in [0, 0.1) is 19.7 Å². The molecule has 0 atom stereocenters. The Hall–Kier alpha value is -2.69. The number of nitrogens with zero attached hydrogens (tertiary/aromatic N) is 2. The number of carbonyl (C=O) groups is 2. The predicted octanol–water partition coefficient (Wildman–Crippen LogP) is 3.04. The molecule has 1 heterocycles. The number of hydrogen-bond donors (Lipinski definition) is 0.